The van der Waals surface area contributed by atoms with E-state index >= 15 is 0 Å². The molecule has 6 heteroatoms. The number of ether oxygens (including phenoxy) is 1. The number of hydrogen-bond donors (Lipinski definition) is 3. The number of rotatable bonds is 60. The summed E-state index contributed by atoms with van der Waals surface area (Å²) in [5, 5.41) is 22.9. The molecule has 0 heterocycles. The summed E-state index contributed by atoms with van der Waals surface area (Å²) in [4.78, 5) is 24.5. The lowest BCUT2D eigenvalue weighted by molar-refractivity contribution is -0.143. The number of aliphatic hydroxyl groups excluding tert-OH is 2. The summed E-state index contributed by atoms with van der Waals surface area (Å²) in [7, 11) is 0. The molecule has 0 aromatic rings. The van der Waals surface area contributed by atoms with Gasteiger partial charge in [-0.15, -0.1) is 0 Å². The summed E-state index contributed by atoms with van der Waals surface area (Å²) in [6, 6.07) is -0.628. The minimum Gasteiger partial charge on any atom is -0.466 e. The molecule has 6 nitrogen and oxygen atoms in total. The van der Waals surface area contributed by atoms with Gasteiger partial charge in [0.05, 0.1) is 25.4 Å². The molecular weight excluding hydrogens is 887 g/mol. The summed E-state index contributed by atoms with van der Waals surface area (Å²) in [5.41, 5.74) is 0. The minimum atomic E-state index is -0.844. The van der Waals surface area contributed by atoms with Crippen molar-refractivity contribution in [2.45, 2.75) is 360 Å². The third-order valence-corrected chi connectivity index (χ3v) is 14.9. The van der Waals surface area contributed by atoms with Crippen molar-refractivity contribution in [2.24, 2.45) is 0 Å². The molecule has 424 valence electrons. The standard InChI is InChI=1S/C66H125NO5/c1-3-5-7-9-11-13-14-15-16-17-27-31-34-37-40-44-48-52-56-60-66(71)72-61-57-53-49-45-41-38-35-32-29-26-24-22-20-18-19-21-23-25-28-30-33-36-39-43-47-51-55-59-65(70)67-63(62-68)64(69)58-54-50-46-42-12-10-8-6-4-2/h18-19,22,24,54,58,63-64,68-69H,3-17,20-21,23,25-53,55-57,59-62H2,1-2H3,(H,67,70)/b19-18-,24-22-,58-54+. The van der Waals surface area contributed by atoms with E-state index in [1.54, 1.807) is 6.08 Å². The van der Waals surface area contributed by atoms with Crippen molar-refractivity contribution in [1.29, 1.82) is 0 Å². The van der Waals surface area contributed by atoms with Crippen LogP contribution >= 0.6 is 0 Å². The Morgan fingerprint density at radius 2 is 0.694 bits per heavy atom. The van der Waals surface area contributed by atoms with Gasteiger partial charge in [-0.25, -0.2) is 0 Å². The topological polar surface area (TPSA) is 95.9 Å². The summed E-state index contributed by atoms with van der Waals surface area (Å²) < 4.78 is 5.50. The Bertz CT molecular complexity index is 1170. The number of esters is 1. The zero-order valence-corrected chi connectivity index (χ0v) is 48.4. The van der Waals surface area contributed by atoms with Crippen molar-refractivity contribution in [3.63, 3.8) is 0 Å². The zero-order valence-electron chi connectivity index (χ0n) is 48.4. The first-order chi connectivity index (χ1) is 35.5. The van der Waals surface area contributed by atoms with Gasteiger partial charge in [0.15, 0.2) is 0 Å². The molecule has 0 aliphatic carbocycles. The van der Waals surface area contributed by atoms with Gasteiger partial charge in [-0.1, -0.05) is 307 Å². The monoisotopic (exact) mass is 1010 g/mol. The second-order valence-electron chi connectivity index (χ2n) is 22.1. The van der Waals surface area contributed by atoms with Gasteiger partial charge in [0, 0.05) is 12.8 Å². The molecule has 1 amide bonds. The van der Waals surface area contributed by atoms with E-state index in [9.17, 15) is 19.8 Å². The Labute approximate surface area is 449 Å². The predicted molar refractivity (Wildman–Crippen MR) is 315 cm³/mol. The highest BCUT2D eigenvalue weighted by Gasteiger charge is 2.18. The van der Waals surface area contributed by atoms with Gasteiger partial charge < -0.3 is 20.3 Å². The van der Waals surface area contributed by atoms with Crippen LogP contribution in [0.4, 0.5) is 0 Å². The molecule has 2 unspecified atom stereocenters. The number of nitrogens with one attached hydrogen (secondary N) is 1. The van der Waals surface area contributed by atoms with E-state index < -0.39 is 12.1 Å². The fourth-order valence-electron chi connectivity index (χ4n) is 9.96. The average Bonchev–Trinajstić information content (AvgIpc) is 3.38. The highest BCUT2D eigenvalue weighted by molar-refractivity contribution is 5.76. The van der Waals surface area contributed by atoms with Crippen LogP contribution in [0.3, 0.4) is 0 Å². The van der Waals surface area contributed by atoms with E-state index in [2.05, 4.69) is 43.5 Å². The van der Waals surface area contributed by atoms with E-state index in [4.69, 9.17) is 4.74 Å². The Hall–Kier alpha value is -1.92. The molecule has 0 spiro atoms. The molecule has 0 saturated carbocycles. The normalized spacial score (nSPS) is 12.8. The van der Waals surface area contributed by atoms with Crippen LogP contribution in [-0.2, 0) is 14.3 Å². The first kappa shape index (κ1) is 70.1. The van der Waals surface area contributed by atoms with Crippen LogP contribution in [0.5, 0.6) is 0 Å². The van der Waals surface area contributed by atoms with Gasteiger partial charge >= 0.3 is 5.97 Å². The Balaban J connectivity index is 3.38. The first-order valence-electron chi connectivity index (χ1n) is 32.3. The van der Waals surface area contributed by atoms with Gasteiger partial charge in [0.25, 0.3) is 0 Å². The maximum Gasteiger partial charge on any atom is 0.305 e. The van der Waals surface area contributed by atoms with E-state index in [0.29, 0.717) is 19.4 Å². The molecular formula is C66H125NO5. The number of carbonyl (C=O) groups excluding carboxylic acids is 2. The van der Waals surface area contributed by atoms with Gasteiger partial charge in [0.2, 0.25) is 5.91 Å². The largest absolute Gasteiger partial charge is 0.466 e. The van der Waals surface area contributed by atoms with Crippen LogP contribution in [0, 0.1) is 0 Å². The van der Waals surface area contributed by atoms with Crippen LogP contribution < -0.4 is 5.32 Å². The molecule has 2 atom stereocenters. The van der Waals surface area contributed by atoms with Gasteiger partial charge in [-0.2, -0.15) is 0 Å². The molecule has 0 bridgehead atoms. The van der Waals surface area contributed by atoms with Gasteiger partial charge in [0.1, 0.15) is 0 Å². The fraction of sp³-hybridized carbons (Fsp3) is 0.879. The number of carbonyl (C=O) groups is 2. The van der Waals surface area contributed by atoms with Crippen LogP contribution in [0.1, 0.15) is 348 Å². The molecule has 0 saturated heterocycles. The molecule has 72 heavy (non-hydrogen) atoms. The second-order valence-corrected chi connectivity index (χ2v) is 22.1. The first-order valence-corrected chi connectivity index (χ1v) is 32.3. The van der Waals surface area contributed by atoms with Crippen molar-refractivity contribution < 1.29 is 24.5 Å². The summed E-state index contributed by atoms with van der Waals surface area (Å²) >= 11 is 0. The Morgan fingerprint density at radius 1 is 0.389 bits per heavy atom. The number of allylic oxidation sites excluding steroid dienone is 5. The number of unbranched alkanes of at least 4 members (excludes halogenated alkanes) is 45. The van der Waals surface area contributed by atoms with Crippen LogP contribution in [0.25, 0.3) is 0 Å². The molecule has 0 rings (SSSR count). The maximum atomic E-state index is 12.4. The SMILES string of the molecule is CCCCCCCCC/C=C/C(O)C(CO)NC(=O)CCCCCCCCCCCCC/C=C\C/C=C\CCCCCCCCCCCOC(=O)CCCCCCCCCCCCCCCCCCCCC. The van der Waals surface area contributed by atoms with Crippen molar-refractivity contribution in [3.8, 4) is 0 Å². The van der Waals surface area contributed by atoms with Crippen molar-refractivity contribution in [1.82, 2.24) is 5.32 Å². The Kier molecular flexibility index (Phi) is 60.0. The third kappa shape index (κ3) is 57.4. The maximum absolute atomic E-state index is 12.4. The number of aliphatic hydroxyl groups is 2. The smallest absolute Gasteiger partial charge is 0.305 e. The summed E-state index contributed by atoms with van der Waals surface area (Å²) in [6.07, 6.45) is 77.9. The van der Waals surface area contributed by atoms with Crippen LogP contribution in [0.2, 0.25) is 0 Å². The Morgan fingerprint density at radius 3 is 1.06 bits per heavy atom. The lowest BCUT2D eigenvalue weighted by atomic mass is 10.0. The minimum absolute atomic E-state index is 0.0150. The molecule has 0 aromatic heterocycles. The van der Waals surface area contributed by atoms with Crippen molar-refractivity contribution >= 4 is 11.9 Å². The van der Waals surface area contributed by atoms with E-state index in [-0.39, 0.29) is 18.5 Å². The molecule has 0 aromatic carbocycles. The van der Waals surface area contributed by atoms with Crippen LogP contribution in [0.15, 0.2) is 36.5 Å². The predicted octanol–water partition coefficient (Wildman–Crippen LogP) is 20.4. The number of hydrogen-bond acceptors (Lipinski definition) is 5. The lowest BCUT2D eigenvalue weighted by Crippen LogP contribution is -2.45. The number of amides is 1. The van der Waals surface area contributed by atoms with Crippen molar-refractivity contribution in [3.05, 3.63) is 36.5 Å². The summed E-state index contributed by atoms with van der Waals surface area (Å²) in [5.74, 6) is -0.0584. The quantitative estimate of drug-likeness (QED) is 0.0320. The van der Waals surface area contributed by atoms with Crippen LogP contribution in [-0.4, -0.2) is 47.4 Å². The fourth-order valence-corrected chi connectivity index (χ4v) is 9.96. The molecule has 3 N–H and O–H groups in total. The van der Waals surface area contributed by atoms with Gasteiger partial charge in [-0.3, -0.25) is 9.59 Å². The molecule has 0 radical (unpaired) electrons. The summed E-state index contributed by atoms with van der Waals surface area (Å²) in [6.45, 7) is 4.89. The van der Waals surface area contributed by atoms with E-state index in [0.717, 1.165) is 44.9 Å². The highest BCUT2D eigenvalue weighted by Crippen LogP contribution is 2.17. The molecule has 0 aliphatic rings. The van der Waals surface area contributed by atoms with Gasteiger partial charge in [-0.05, 0) is 64.2 Å². The lowest BCUT2D eigenvalue weighted by Gasteiger charge is -2.20. The second kappa shape index (κ2) is 61.6. The van der Waals surface area contributed by atoms with E-state index in [1.807, 2.05) is 6.08 Å². The molecule has 0 aliphatic heterocycles. The van der Waals surface area contributed by atoms with E-state index in [1.165, 1.54) is 276 Å². The average molecular weight is 1010 g/mol. The third-order valence-electron chi connectivity index (χ3n) is 14.9. The van der Waals surface area contributed by atoms with Crippen molar-refractivity contribution in [2.75, 3.05) is 13.2 Å². The highest BCUT2D eigenvalue weighted by atomic mass is 16.5. The zero-order chi connectivity index (χ0) is 52.2. The molecule has 0 fully saturated rings.